The molecule has 0 aliphatic carbocycles. The van der Waals surface area contributed by atoms with Gasteiger partial charge in [-0.3, -0.25) is 4.90 Å². The van der Waals surface area contributed by atoms with Gasteiger partial charge in [0, 0.05) is 13.0 Å². The molecule has 0 saturated carbocycles. The fourth-order valence-electron chi connectivity index (χ4n) is 3.22. The standard InChI is InChI=1S/C17H23N3O2/c1-13-18-19-17(22-13)12-20-10-3-2-6-15(20)9-8-14-5-4-7-16(21)11-14/h4-5,7,11,15,21H,2-3,6,8-10,12H2,1H3/t15-/m1/s1. The Balaban J connectivity index is 1.60. The molecule has 118 valence electrons. The summed E-state index contributed by atoms with van der Waals surface area (Å²) in [6, 6.07) is 8.10. The average molecular weight is 301 g/mol. The van der Waals surface area contributed by atoms with Crippen LogP contribution in [0.15, 0.2) is 28.7 Å². The summed E-state index contributed by atoms with van der Waals surface area (Å²) in [7, 11) is 0. The molecule has 1 aliphatic heterocycles. The van der Waals surface area contributed by atoms with E-state index in [-0.39, 0.29) is 0 Å². The molecule has 1 fully saturated rings. The van der Waals surface area contributed by atoms with E-state index in [1.165, 1.54) is 24.8 Å². The zero-order chi connectivity index (χ0) is 15.4. The van der Waals surface area contributed by atoms with Crippen LogP contribution in [-0.4, -0.2) is 32.8 Å². The SMILES string of the molecule is Cc1nnc(CN2CCCC[C@@H]2CCc2cccc(O)c2)o1. The Morgan fingerprint density at radius 1 is 1.32 bits per heavy atom. The van der Waals surface area contributed by atoms with E-state index in [0.717, 1.165) is 25.9 Å². The molecule has 0 radical (unpaired) electrons. The molecule has 1 N–H and O–H groups in total. The molecule has 2 heterocycles. The second-order valence-electron chi connectivity index (χ2n) is 6.04. The van der Waals surface area contributed by atoms with Crippen molar-refractivity contribution in [1.29, 1.82) is 0 Å². The molecule has 1 saturated heterocycles. The fourth-order valence-corrected chi connectivity index (χ4v) is 3.22. The molecule has 1 atom stereocenters. The second-order valence-corrected chi connectivity index (χ2v) is 6.04. The predicted octanol–water partition coefficient (Wildman–Crippen LogP) is 3.07. The van der Waals surface area contributed by atoms with Gasteiger partial charge in [0.25, 0.3) is 0 Å². The summed E-state index contributed by atoms with van der Waals surface area (Å²) < 4.78 is 5.52. The first-order chi connectivity index (χ1) is 10.7. The van der Waals surface area contributed by atoms with Crippen LogP contribution < -0.4 is 0 Å². The third-order valence-electron chi connectivity index (χ3n) is 4.33. The van der Waals surface area contributed by atoms with Gasteiger partial charge in [0.2, 0.25) is 11.8 Å². The number of phenols is 1. The lowest BCUT2D eigenvalue weighted by Gasteiger charge is -2.34. The number of hydrogen-bond acceptors (Lipinski definition) is 5. The van der Waals surface area contributed by atoms with Gasteiger partial charge in [-0.15, -0.1) is 10.2 Å². The summed E-state index contributed by atoms with van der Waals surface area (Å²) in [5.41, 5.74) is 1.19. The quantitative estimate of drug-likeness (QED) is 0.919. The molecule has 0 unspecified atom stereocenters. The lowest BCUT2D eigenvalue weighted by atomic mass is 9.96. The minimum atomic E-state index is 0.347. The molecule has 5 nitrogen and oxygen atoms in total. The third-order valence-corrected chi connectivity index (χ3v) is 4.33. The number of nitrogens with zero attached hydrogens (tertiary/aromatic N) is 3. The van der Waals surface area contributed by atoms with Crippen LogP contribution in [0.4, 0.5) is 0 Å². The minimum absolute atomic E-state index is 0.347. The van der Waals surface area contributed by atoms with Crippen molar-refractivity contribution >= 4 is 0 Å². The van der Waals surface area contributed by atoms with E-state index in [0.29, 0.717) is 23.6 Å². The van der Waals surface area contributed by atoms with Crippen molar-refractivity contribution in [2.75, 3.05) is 6.54 Å². The molecule has 0 spiro atoms. The summed E-state index contributed by atoms with van der Waals surface area (Å²) in [6.07, 6.45) is 5.81. The number of hydrogen-bond donors (Lipinski definition) is 1. The first-order valence-electron chi connectivity index (χ1n) is 8.01. The van der Waals surface area contributed by atoms with E-state index >= 15 is 0 Å². The number of piperidine rings is 1. The third kappa shape index (κ3) is 3.85. The van der Waals surface area contributed by atoms with Crippen LogP contribution in [0.5, 0.6) is 5.75 Å². The second kappa shape index (κ2) is 6.92. The molecule has 2 aromatic rings. The number of aromatic nitrogens is 2. The van der Waals surface area contributed by atoms with Crippen LogP contribution in [-0.2, 0) is 13.0 Å². The van der Waals surface area contributed by atoms with Crippen molar-refractivity contribution in [2.45, 2.75) is 51.6 Å². The van der Waals surface area contributed by atoms with Gasteiger partial charge < -0.3 is 9.52 Å². The lowest BCUT2D eigenvalue weighted by Crippen LogP contribution is -2.39. The van der Waals surface area contributed by atoms with Crippen molar-refractivity contribution < 1.29 is 9.52 Å². The fraction of sp³-hybridized carbons (Fsp3) is 0.529. The Bertz CT molecular complexity index is 611. The first kappa shape index (κ1) is 15.0. The Morgan fingerprint density at radius 3 is 3.00 bits per heavy atom. The van der Waals surface area contributed by atoms with Gasteiger partial charge in [0.1, 0.15) is 5.75 Å². The molecule has 1 aliphatic rings. The number of phenolic OH excluding ortho intramolecular Hbond substituents is 1. The topological polar surface area (TPSA) is 62.4 Å². The van der Waals surface area contributed by atoms with Gasteiger partial charge in [0.15, 0.2) is 0 Å². The lowest BCUT2D eigenvalue weighted by molar-refractivity contribution is 0.120. The number of aromatic hydroxyl groups is 1. The Morgan fingerprint density at radius 2 is 2.23 bits per heavy atom. The van der Waals surface area contributed by atoms with E-state index in [1.807, 2.05) is 19.1 Å². The van der Waals surface area contributed by atoms with Crippen LogP contribution in [0.25, 0.3) is 0 Å². The van der Waals surface area contributed by atoms with Crippen molar-refractivity contribution in [2.24, 2.45) is 0 Å². The van der Waals surface area contributed by atoms with Crippen LogP contribution in [0.1, 0.15) is 43.0 Å². The molecule has 5 heteroatoms. The highest BCUT2D eigenvalue weighted by Crippen LogP contribution is 2.23. The van der Waals surface area contributed by atoms with Crippen LogP contribution in [0.3, 0.4) is 0 Å². The number of benzene rings is 1. The number of rotatable bonds is 5. The van der Waals surface area contributed by atoms with Crippen molar-refractivity contribution in [1.82, 2.24) is 15.1 Å². The van der Waals surface area contributed by atoms with Crippen molar-refractivity contribution in [3.63, 3.8) is 0 Å². The summed E-state index contributed by atoms with van der Waals surface area (Å²) in [4.78, 5) is 2.46. The van der Waals surface area contributed by atoms with Crippen molar-refractivity contribution in [3.8, 4) is 5.75 Å². The van der Waals surface area contributed by atoms with E-state index < -0.39 is 0 Å². The summed E-state index contributed by atoms with van der Waals surface area (Å²) in [5, 5.41) is 17.6. The van der Waals surface area contributed by atoms with Gasteiger partial charge in [-0.2, -0.15) is 0 Å². The highest BCUT2D eigenvalue weighted by atomic mass is 16.4. The predicted molar refractivity (Wildman–Crippen MR) is 83.5 cm³/mol. The zero-order valence-corrected chi connectivity index (χ0v) is 13.0. The molecule has 0 bridgehead atoms. The Kier molecular flexibility index (Phi) is 4.73. The summed E-state index contributed by atoms with van der Waals surface area (Å²) in [5.74, 6) is 1.68. The zero-order valence-electron chi connectivity index (χ0n) is 13.0. The molecule has 1 aromatic heterocycles. The average Bonchev–Trinajstić information content (AvgIpc) is 2.92. The van der Waals surface area contributed by atoms with Crippen LogP contribution >= 0.6 is 0 Å². The smallest absolute Gasteiger partial charge is 0.230 e. The monoisotopic (exact) mass is 301 g/mol. The van der Waals surface area contributed by atoms with E-state index in [1.54, 1.807) is 6.07 Å². The van der Waals surface area contributed by atoms with Crippen molar-refractivity contribution in [3.05, 3.63) is 41.6 Å². The van der Waals surface area contributed by atoms with E-state index in [2.05, 4.69) is 21.2 Å². The molecule has 22 heavy (non-hydrogen) atoms. The van der Waals surface area contributed by atoms with Gasteiger partial charge >= 0.3 is 0 Å². The number of aryl methyl sites for hydroxylation is 2. The largest absolute Gasteiger partial charge is 0.508 e. The molecular formula is C17H23N3O2. The van der Waals surface area contributed by atoms with E-state index in [9.17, 15) is 5.11 Å². The maximum Gasteiger partial charge on any atom is 0.230 e. The Labute approximate surface area is 131 Å². The minimum Gasteiger partial charge on any atom is -0.508 e. The van der Waals surface area contributed by atoms with Crippen LogP contribution in [0, 0.1) is 6.92 Å². The number of likely N-dealkylation sites (tertiary alicyclic amines) is 1. The highest BCUT2D eigenvalue weighted by molar-refractivity contribution is 5.27. The van der Waals surface area contributed by atoms with Crippen LogP contribution in [0.2, 0.25) is 0 Å². The molecular weight excluding hydrogens is 278 g/mol. The maximum absolute atomic E-state index is 9.56. The van der Waals surface area contributed by atoms with Gasteiger partial charge in [-0.25, -0.2) is 0 Å². The van der Waals surface area contributed by atoms with Gasteiger partial charge in [0.05, 0.1) is 6.54 Å². The Hall–Kier alpha value is -1.88. The van der Waals surface area contributed by atoms with Gasteiger partial charge in [-0.05, 0) is 49.9 Å². The summed E-state index contributed by atoms with van der Waals surface area (Å²) >= 11 is 0. The first-order valence-corrected chi connectivity index (χ1v) is 8.01. The summed E-state index contributed by atoms with van der Waals surface area (Å²) in [6.45, 7) is 3.66. The molecule has 3 rings (SSSR count). The highest BCUT2D eigenvalue weighted by Gasteiger charge is 2.23. The van der Waals surface area contributed by atoms with E-state index in [4.69, 9.17) is 4.42 Å². The molecule has 1 aromatic carbocycles. The maximum atomic E-state index is 9.56. The normalized spacial score (nSPS) is 19.4. The molecule has 0 amide bonds. The van der Waals surface area contributed by atoms with Gasteiger partial charge in [-0.1, -0.05) is 18.6 Å².